The summed E-state index contributed by atoms with van der Waals surface area (Å²) >= 11 is 0. The smallest absolute Gasteiger partial charge is 0.292 e. The van der Waals surface area contributed by atoms with E-state index in [-0.39, 0.29) is 0 Å². The number of carbonyl (C=O) groups excluding carboxylic acids is 1. The van der Waals surface area contributed by atoms with Crippen LogP contribution in [0.1, 0.15) is 18.1 Å². The fraction of sp³-hybridized carbons (Fsp3) is 0.150. The minimum absolute atomic E-state index is 0.375. The highest BCUT2D eigenvalue weighted by molar-refractivity contribution is 5.76. The molecule has 0 unspecified atom stereocenters. The predicted molar refractivity (Wildman–Crippen MR) is 101 cm³/mol. The van der Waals surface area contributed by atoms with Crippen LogP contribution in [0.25, 0.3) is 11.4 Å². The Morgan fingerprint density at radius 1 is 1.12 bits per heavy atom. The van der Waals surface area contributed by atoms with Crippen LogP contribution in [-0.2, 0) is 9.53 Å². The van der Waals surface area contributed by atoms with E-state index in [2.05, 4.69) is 34.4 Å². The number of rotatable bonds is 5. The average molecular weight is 324 g/mol. The third-order valence-electron chi connectivity index (χ3n) is 3.43. The van der Waals surface area contributed by atoms with Gasteiger partial charge in [-0.3, -0.25) is 4.79 Å². The highest BCUT2D eigenvalue weighted by Gasteiger charge is 2.11. The summed E-state index contributed by atoms with van der Waals surface area (Å²) in [6.07, 6.45) is 2.09. The molecule has 0 amide bonds. The molecular weight excluding hydrogens is 300 g/mol. The number of hydrogen-bond acceptors (Lipinski definition) is 4. The quantitative estimate of drug-likeness (QED) is 0.666. The van der Waals surface area contributed by atoms with Crippen LogP contribution < -0.4 is 5.73 Å². The Kier molecular flexibility index (Phi) is 7.85. The number of carbonyl (C=O) groups is 1. The zero-order chi connectivity index (χ0) is 17.9. The van der Waals surface area contributed by atoms with E-state index in [1.807, 2.05) is 56.4 Å². The molecule has 0 aliphatic carbocycles. The minimum atomic E-state index is 0.375. The Hall–Kier alpha value is -3.01. The maximum Gasteiger partial charge on any atom is 0.292 e. The van der Waals surface area contributed by atoms with Gasteiger partial charge in [-0.2, -0.15) is 0 Å². The van der Waals surface area contributed by atoms with Gasteiger partial charge < -0.3 is 15.4 Å². The van der Waals surface area contributed by atoms with Gasteiger partial charge in [-0.1, -0.05) is 55.1 Å². The molecule has 0 atom stereocenters. The first-order valence-corrected chi connectivity index (χ1v) is 7.51. The van der Waals surface area contributed by atoms with Gasteiger partial charge in [-0.25, -0.2) is 0 Å². The van der Waals surface area contributed by atoms with Crippen LogP contribution >= 0.6 is 0 Å². The van der Waals surface area contributed by atoms with Crippen molar-refractivity contribution in [3.63, 3.8) is 0 Å². The average Bonchev–Trinajstić information content (AvgIpc) is 2.62. The molecule has 0 aliphatic rings. The number of ether oxygens (including phenoxy) is 1. The number of methoxy groups -OCH3 is 1. The lowest BCUT2D eigenvalue weighted by Crippen LogP contribution is -2.14. The van der Waals surface area contributed by atoms with Gasteiger partial charge in [0.05, 0.1) is 7.11 Å². The Balaban J connectivity index is 0.000000648. The topological polar surface area (TPSA) is 55.6 Å². The van der Waals surface area contributed by atoms with Gasteiger partial charge in [-0.05, 0) is 30.2 Å². The van der Waals surface area contributed by atoms with Crippen molar-refractivity contribution in [2.45, 2.75) is 6.92 Å². The number of nitrogen functional groups attached to an aromatic ring is 1. The third kappa shape index (κ3) is 5.32. The van der Waals surface area contributed by atoms with E-state index in [0.717, 1.165) is 22.6 Å². The molecule has 0 saturated heterocycles. The molecule has 2 rings (SSSR count). The van der Waals surface area contributed by atoms with E-state index in [1.54, 1.807) is 0 Å². The summed E-state index contributed by atoms with van der Waals surface area (Å²) in [5.74, 6) is 0. The van der Waals surface area contributed by atoms with Crippen LogP contribution in [0, 0.1) is 0 Å². The van der Waals surface area contributed by atoms with Crippen molar-refractivity contribution >= 4 is 23.6 Å². The molecule has 2 N–H and O–H groups in total. The standard InChI is InChI=1S/C18H20N2.C2H4O2/c1-4-18(15-9-6-5-7-10-15)20(3)14(2)16-11-8-12-17(19)13-16;1-4-2-3/h4-13H,2,19H2,1,3H3;2H,1H3/b18-4-;. The van der Waals surface area contributed by atoms with E-state index in [1.165, 1.54) is 12.7 Å². The van der Waals surface area contributed by atoms with Gasteiger partial charge in [0.25, 0.3) is 6.47 Å². The third-order valence-corrected chi connectivity index (χ3v) is 3.43. The molecule has 2 aromatic carbocycles. The Bertz CT molecular complexity index is 694. The summed E-state index contributed by atoms with van der Waals surface area (Å²) in [6, 6.07) is 18.1. The molecule has 0 fully saturated rings. The van der Waals surface area contributed by atoms with Crippen LogP contribution in [0.15, 0.2) is 67.3 Å². The number of anilines is 1. The molecule has 0 aliphatic heterocycles. The van der Waals surface area contributed by atoms with Gasteiger partial charge in [0.15, 0.2) is 0 Å². The minimum Gasteiger partial charge on any atom is -0.471 e. The molecule has 0 bridgehead atoms. The van der Waals surface area contributed by atoms with Crippen molar-refractivity contribution in [3.8, 4) is 0 Å². The molecule has 0 radical (unpaired) electrons. The van der Waals surface area contributed by atoms with E-state index >= 15 is 0 Å². The fourth-order valence-electron chi connectivity index (χ4n) is 2.22. The molecule has 0 heterocycles. The predicted octanol–water partition coefficient (Wildman–Crippen LogP) is 4.02. The molecule has 0 saturated carbocycles. The SMILES string of the molecule is C=C(c1cccc(N)c1)N(C)/C(=C\C)c1ccccc1.COC=O. The second-order valence-electron chi connectivity index (χ2n) is 5.00. The normalized spacial score (nSPS) is 10.2. The van der Waals surface area contributed by atoms with E-state index < -0.39 is 0 Å². The van der Waals surface area contributed by atoms with E-state index in [0.29, 0.717) is 6.47 Å². The monoisotopic (exact) mass is 324 g/mol. The van der Waals surface area contributed by atoms with Crippen molar-refractivity contribution in [1.29, 1.82) is 0 Å². The summed E-state index contributed by atoms with van der Waals surface area (Å²) in [6.45, 7) is 6.60. The van der Waals surface area contributed by atoms with Crippen molar-refractivity contribution in [3.05, 3.63) is 78.4 Å². The Morgan fingerprint density at radius 3 is 2.21 bits per heavy atom. The zero-order valence-electron chi connectivity index (χ0n) is 14.4. The molecule has 4 heteroatoms. The fourth-order valence-corrected chi connectivity index (χ4v) is 2.22. The molecule has 126 valence electrons. The van der Waals surface area contributed by atoms with E-state index in [4.69, 9.17) is 10.5 Å². The summed E-state index contributed by atoms with van der Waals surface area (Å²) in [5.41, 5.74) is 10.8. The van der Waals surface area contributed by atoms with Gasteiger partial charge in [0.1, 0.15) is 0 Å². The van der Waals surface area contributed by atoms with Crippen molar-refractivity contribution in [2.24, 2.45) is 0 Å². The summed E-state index contributed by atoms with van der Waals surface area (Å²) in [7, 11) is 3.33. The lowest BCUT2D eigenvalue weighted by Gasteiger charge is -2.25. The first-order chi connectivity index (χ1) is 11.5. The molecule has 4 nitrogen and oxygen atoms in total. The van der Waals surface area contributed by atoms with Gasteiger partial charge in [-0.15, -0.1) is 0 Å². The largest absolute Gasteiger partial charge is 0.471 e. The van der Waals surface area contributed by atoms with Crippen LogP contribution in [-0.4, -0.2) is 25.5 Å². The number of nitrogens with two attached hydrogens (primary N) is 1. The molecule has 24 heavy (non-hydrogen) atoms. The maximum atomic E-state index is 8.95. The summed E-state index contributed by atoms with van der Waals surface area (Å²) in [5, 5.41) is 0. The molecule has 0 spiro atoms. The Labute approximate surface area is 143 Å². The highest BCUT2D eigenvalue weighted by atomic mass is 16.5. The van der Waals surface area contributed by atoms with Crippen molar-refractivity contribution < 1.29 is 9.53 Å². The van der Waals surface area contributed by atoms with Crippen LogP contribution in [0.3, 0.4) is 0 Å². The zero-order valence-corrected chi connectivity index (χ0v) is 14.4. The van der Waals surface area contributed by atoms with Gasteiger partial charge in [0, 0.05) is 24.1 Å². The second-order valence-corrected chi connectivity index (χ2v) is 5.00. The second kappa shape index (κ2) is 9.90. The van der Waals surface area contributed by atoms with Gasteiger partial charge in [0.2, 0.25) is 0 Å². The van der Waals surface area contributed by atoms with Crippen molar-refractivity contribution in [2.75, 3.05) is 19.9 Å². The number of hydrogen-bond donors (Lipinski definition) is 1. The first kappa shape index (κ1) is 19.0. The van der Waals surface area contributed by atoms with Crippen LogP contribution in [0.4, 0.5) is 5.69 Å². The number of allylic oxidation sites excluding steroid dienone is 1. The highest BCUT2D eigenvalue weighted by Crippen LogP contribution is 2.27. The molecule has 0 aromatic heterocycles. The van der Waals surface area contributed by atoms with E-state index in [9.17, 15) is 0 Å². The lowest BCUT2D eigenvalue weighted by atomic mass is 10.1. The summed E-state index contributed by atoms with van der Waals surface area (Å²) in [4.78, 5) is 11.0. The number of benzene rings is 2. The molecular formula is C20H24N2O2. The maximum absolute atomic E-state index is 8.95. The first-order valence-electron chi connectivity index (χ1n) is 7.51. The van der Waals surface area contributed by atoms with Gasteiger partial charge >= 0.3 is 0 Å². The van der Waals surface area contributed by atoms with Crippen molar-refractivity contribution in [1.82, 2.24) is 4.90 Å². The summed E-state index contributed by atoms with van der Waals surface area (Å²) < 4.78 is 3.86. The van der Waals surface area contributed by atoms with Crippen LogP contribution in [0.2, 0.25) is 0 Å². The molecule has 2 aromatic rings. The lowest BCUT2D eigenvalue weighted by molar-refractivity contribution is -0.126. The number of nitrogens with zero attached hydrogens (tertiary/aromatic N) is 1. The Morgan fingerprint density at radius 2 is 1.71 bits per heavy atom. The van der Waals surface area contributed by atoms with Crippen LogP contribution in [0.5, 0.6) is 0 Å².